The van der Waals surface area contributed by atoms with Crippen LogP contribution in [0.25, 0.3) is 10.7 Å². The van der Waals surface area contributed by atoms with E-state index >= 15 is 0 Å². The van der Waals surface area contributed by atoms with Gasteiger partial charge in [0, 0.05) is 16.3 Å². The molecule has 0 aromatic carbocycles. The SMILES string of the molecule is S=c1nc(-c2cccs2)[nH]n1CN1CCc2sccc2[C@@H]1c1cccs1. The van der Waals surface area contributed by atoms with Crippen molar-refractivity contribution in [2.45, 2.75) is 19.1 Å². The van der Waals surface area contributed by atoms with Crippen LogP contribution in [0, 0.1) is 4.77 Å². The van der Waals surface area contributed by atoms with Crippen LogP contribution in [0.3, 0.4) is 0 Å². The molecule has 0 radical (unpaired) electrons. The Labute approximate surface area is 168 Å². The number of fused-ring (bicyclic) bond motifs is 1. The second kappa shape index (κ2) is 6.86. The third kappa shape index (κ3) is 2.91. The molecule has 26 heavy (non-hydrogen) atoms. The van der Waals surface area contributed by atoms with E-state index in [9.17, 15) is 0 Å². The zero-order valence-electron chi connectivity index (χ0n) is 13.8. The van der Waals surface area contributed by atoms with Crippen LogP contribution in [-0.4, -0.2) is 26.2 Å². The molecular weight excluding hydrogens is 400 g/mol. The van der Waals surface area contributed by atoms with E-state index in [0.717, 1.165) is 30.3 Å². The maximum atomic E-state index is 5.52. The number of nitrogens with one attached hydrogen (secondary N) is 1. The molecule has 0 spiro atoms. The molecule has 4 nitrogen and oxygen atoms in total. The van der Waals surface area contributed by atoms with E-state index in [1.165, 1.54) is 15.3 Å². The fraction of sp³-hybridized carbons (Fsp3) is 0.222. The summed E-state index contributed by atoms with van der Waals surface area (Å²) < 4.78 is 2.59. The van der Waals surface area contributed by atoms with E-state index in [1.54, 1.807) is 11.3 Å². The van der Waals surface area contributed by atoms with Crippen molar-refractivity contribution in [3.63, 3.8) is 0 Å². The van der Waals surface area contributed by atoms with Crippen molar-refractivity contribution >= 4 is 46.2 Å². The molecule has 0 unspecified atom stereocenters. The second-order valence-corrected chi connectivity index (χ2v) is 9.47. The van der Waals surface area contributed by atoms with Gasteiger partial charge in [0.15, 0.2) is 5.82 Å². The molecule has 0 bridgehead atoms. The molecule has 0 saturated heterocycles. The molecule has 5 rings (SSSR count). The van der Waals surface area contributed by atoms with Gasteiger partial charge in [0.2, 0.25) is 4.77 Å². The molecule has 8 heteroatoms. The van der Waals surface area contributed by atoms with Gasteiger partial charge in [-0.05, 0) is 58.5 Å². The Bertz CT molecular complexity index is 1060. The number of rotatable bonds is 4. The average Bonchev–Trinajstić information content (AvgIpc) is 3.43. The molecule has 0 amide bonds. The lowest BCUT2D eigenvalue weighted by atomic mass is 9.99. The Kier molecular flexibility index (Phi) is 4.38. The van der Waals surface area contributed by atoms with E-state index in [1.807, 2.05) is 33.4 Å². The van der Waals surface area contributed by atoms with E-state index in [-0.39, 0.29) is 0 Å². The first-order chi connectivity index (χ1) is 12.8. The number of thiophene rings is 3. The predicted octanol–water partition coefficient (Wildman–Crippen LogP) is 5.40. The van der Waals surface area contributed by atoms with Gasteiger partial charge in [-0.1, -0.05) is 12.1 Å². The lowest BCUT2D eigenvalue weighted by molar-refractivity contribution is 0.158. The topological polar surface area (TPSA) is 36.9 Å². The molecular formula is C18H16N4S4. The maximum Gasteiger partial charge on any atom is 0.217 e. The summed E-state index contributed by atoms with van der Waals surface area (Å²) in [5.41, 5.74) is 1.44. The molecule has 1 aliphatic rings. The number of nitrogens with zero attached hydrogens (tertiary/aromatic N) is 3. The third-order valence-corrected chi connectivity index (χ3v) is 7.74. The van der Waals surface area contributed by atoms with E-state index in [0.29, 0.717) is 10.8 Å². The third-order valence-electron chi connectivity index (χ3n) is 4.64. The first-order valence-electron chi connectivity index (χ1n) is 8.34. The van der Waals surface area contributed by atoms with Crippen LogP contribution in [0.15, 0.2) is 46.5 Å². The highest BCUT2D eigenvalue weighted by atomic mass is 32.1. The first-order valence-corrected chi connectivity index (χ1v) is 11.4. The second-order valence-electron chi connectivity index (χ2n) is 6.18. The normalized spacial score (nSPS) is 17.5. The summed E-state index contributed by atoms with van der Waals surface area (Å²) in [6.07, 6.45) is 1.09. The van der Waals surface area contributed by atoms with Gasteiger partial charge in [-0.25, -0.2) is 4.68 Å². The first kappa shape index (κ1) is 16.6. The van der Waals surface area contributed by atoms with E-state index < -0.39 is 0 Å². The highest BCUT2D eigenvalue weighted by Crippen LogP contribution is 2.39. The molecule has 132 valence electrons. The van der Waals surface area contributed by atoms with Crippen molar-refractivity contribution in [1.82, 2.24) is 19.7 Å². The Balaban J connectivity index is 1.49. The lowest BCUT2D eigenvalue weighted by Crippen LogP contribution is -2.36. The maximum absolute atomic E-state index is 5.52. The predicted molar refractivity (Wildman–Crippen MR) is 112 cm³/mol. The van der Waals surface area contributed by atoms with E-state index in [4.69, 9.17) is 12.2 Å². The highest BCUT2D eigenvalue weighted by Gasteiger charge is 2.30. The van der Waals surface area contributed by atoms with Crippen molar-refractivity contribution in [3.8, 4) is 10.7 Å². The Morgan fingerprint density at radius 3 is 2.81 bits per heavy atom. The van der Waals surface area contributed by atoms with Gasteiger partial charge in [0.25, 0.3) is 0 Å². The standard InChI is InChI=1S/C18H16N4S4/c23-18-19-17(15-4-2-9-25-15)20-22(18)11-21-7-5-13-12(6-10-26-13)16(21)14-3-1-8-24-14/h1-4,6,8-10,16H,5,7,11H2,(H,19,20,23)/t16-/m1/s1. The quantitative estimate of drug-likeness (QED) is 0.453. The van der Waals surface area contributed by atoms with Crippen LogP contribution in [0.4, 0.5) is 0 Å². The molecule has 4 aromatic rings. The molecule has 0 saturated carbocycles. The monoisotopic (exact) mass is 416 g/mol. The molecule has 4 aromatic heterocycles. The van der Waals surface area contributed by atoms with Crippen LogP contribution in [0.5, 0.6) is 0 Å². The van der Waals surface area contributed by atoms with Crippen LogP contribution in [-0.2, 0) is 13.1 Å². The summed E-state index contributed by atoms with van der Waals surface area (Å²) in [7, 11) is 0. The molecule has 1 atom stereocenters. The van der Waals surface area contributed by atoms with Crippen LogP contribution in [0.2, 0.25) is 0 Å². The Hall–Kier alpha value is -1.58. The molecule has 0 aliphatic carbocycles. The fourth-order valence-electron chi connectivity index (χ4n) is 3.46. The summed E-state index contributed by atoms with van der Waals surface area (Å²) in [5, 5.41) is 9.82. The van der Waals surface area contributed by atoms with E-state index in [2.05, 4.69) is 55.4 Å². The van der Waals surface area contributed by atoms with Gasteiger partial charge in [-0.3, -0.25) is 10.00 Å². The number of hydrogen-bond donors (Lipinski definition) is 1. The number of hydrogen-bond acceptors (Lipinski definition) is 6. The zero-order valence-corrected chi connectivity index (χ0v) is 17.1. The van der Waals surface area contributed by atoms with Crippen molar-refractivity contribution in [1.29, 1.82) is 0 Å². The van der Waals surface area contributed by atoms with Crippen molar-refractivity contribution in [2.75, 3.05) is 6.54 Å². The highest BCUT2D eigenvalue weighted by molar-refractivity contribution is 7.71. The summed E-state index contributed by atoms with van der Waals surface area (Å²) in [6, 6.07) is 11.0. The van der Waals surface area contributed by atoms with Gasteiger partial charge in [0.05, 0.1) is 17.6 Å². The minimum Gasteiger partial charge on any atom is -0.277 e. The summed E-state index contributed by atoms with van der Waals surface area (Å²) >= 11 is 10.9. The summed E-state index contributed by atoms with van der Waals surface area (Å²) in [4.78, 5) is 11.0. The molecule has 1 N–H and O–H groups in total. The molecule has 1 aliphatic heterocycles. The van der Waals surface area contributed by atoms with Crippen molar-refractivity contribution in [3.05, 3.63) is 66.6 Å². The van der Waals surface area contributed by atoms with Crippen LogP contribution >= 0.6 is 46.2 Å². The van der Waals surface area contributed by atoms with Gasteiger partial charge in [-0.2, -0.15) is 4.98 Å². The zero-order chi connectivity index (χ0) is 17.5. The van der Waals surface area contributed by atoms with Gasteiger partial charge in [-0.15, -0.1) is 34.0 Å². The number of aromatic nitrogens is 3. The van der Waals surface area contributed by atoms with Crippen LogP contribution < -0.4 is 0 Å². The summed E-state index contributed by atoms with van der Waals surface area (Å²) in [6.45, 7) is 1.74. The average molecular weight is 417 g/mol. The molecule has 5 heterocycles. The largest absolute Gasteiger partial charge is 0.277 e. The van der Waals surface area contributed by atoms with Crippen molar-refractivity contribution in [2.24, 2.45) is 0 Å². The Morgan fingerprint density at radius 2 is 2.00 bits per heavy atom. The fourth-order valence-corrected chi connectivity index (χ4v) is 6.10. The minimum absolute atomic E-state index is 0.292. The molecule has 0 fully saturated rings. The number of aromatic amines is 1. The Morgan fingerprint density at radius 1 is 1.12 bits per heavy atom. The van der Waals surface area contributed by atoms with Gasteiger partial charge >= 0.3 is 0 Å². The number of H-pyrrole nitrogens is 1. The van der Waals surface area contributed by atoms with Gasteiger partial charge in [0.1, 0.15) is 0 Å². The summed E-state index contributed by atoms with van der Waals surface area (Å²) in [5.74, 6) is 0.853. The smallest absolute Gasteiger partial charge is 0.217 e. The van der Waals surface area contributed by atoms with Crippen LogP contribution in [0.1, 0.15) is 21.4 Å². The van der Waals surface area contributed by atoms with Gasteiger partial charge < -0.3 is 0 Å². The minimum atomic E-state index is 0.292. The lowest BCUT2D eigenvalue weighted by Gasteiger charge is -2.35. The van der Waals surface area contributed by atoms with Crippen molar-refractivity contribution < 1.29 is 0 Å².